The zero-order valence-electron chi connectivity index (χ0n) is 21.8. The molecule has 2 atom stereocenters. The molecule has 7 heteroatoms. The largest absolute Gasteiger partial charge is 0.484 e. The van der Waals surface area contributed by atoms with Crippen LogP contribution in [0.4, 0.5) is 11.4 Å². The Bertz CT molecular complexity index is 1260. The lowest BCUT2D eigenvalue weighted by atomic mass is 9.89. The van der Waals surface area contributed by atoms with E-state index in [2.05, 4.69) is 0 Å². The fourth-order valence-corrected chi connectivity index (χ4v) is 4.70. The first-order valence-corrected chi connectivity index (χ1v) is 12.5. The maximum atomic E-state index is 13.7. The van der Waals surface area contributed by atoms with Gasteiger partial charge >= 0.3 is 0 Å². The first kappa shape index (κ1) is 25.9. The van der Waals surface area contributed by atoms with E-state index in [0.717, 1.165) is 16.9 Å². The Morgan fingerprint density at radius 1 is 0.892 bits per heavy atom. The van der Waals surface area contributed by atoms with Gasteiger partial charge in [-0.3, -0.25) is 14.4 Å². The van der Waals surface area contributed by atoms with E-state index in [-0.39, 0.29) is 36.4 Å². The number of carbonyl (C=O) groups excluding carboxylic acids is 3. The highest BCUT2D eigenvalue weighted by Gasteiger charge is 2.38. The van der Waals surface area contributed by atoms with Crippen molar-refractivity contribution >= 4 is 29.1 Å². The Hall–Kier alpha value is -4.13. The van der Waals surface area contributed by atoms with Gasteiger partial charge in [0, 0.05) is 43.5 Å². The molecule has 7 nitrogen and oxygen atoms in total. The summed E-state index contributed by atoms with van der Waals surface area (Å²) < 4.78 is 5.55. The lowest BCUT2D eigenvalue weighted by Crippen LogP contribution is -2.47. The molecule has 0 bridgehead atoms. The van der Waals surface area contributed by atoms with Crippen LogP contribution < -0.4 is 14.5 Å². The van der Waals surface area contributed by atoms with Gasteiger partial charge in [0.2, 0.25) is 5.91 Å². The molecule has 1 aliphatic rings. The lowest BCUT2D eigenvalue weighted by molar-refractivity contribution is -0.130. The predicted octanol–water partition coefficient (Wildman–Crippen LogP) is 5.08. The molecule has 0 fully saturated rings. The highest BCUT2D eigenvalue weighted by molar-refractivity contribution is 6.07. The minimum absolute atomic E-state index is 0.0429. The Morgan fingerprint density at radius 2 is 1.54 bits per heavy atom. The second-order valence-corrected chi connectivity index (χ2v) is 9.39. The van der Waals surface area contributed by atoms with Crippen LogP contribution in [0.3, 0.4) is 0 Å². The first-order valence-electron chi connectivity index (χ1n) is 12.5. The molecule has 3 aromatic rings. The highest BCUT2D eigenvalue weighted by atomic mass is 16.5. The van der Waals surface area contributed by atoms with Crippen molar-refractivity contribution in [2.75, 3.05) is 30.5 Å². The molecule has 1 heterocycles. The molecule has 37 heavy (non-hydrogen) atoms. The molecule has 4 rings (SSSR count). The topological polar surface area (TPSA) is 70.2 Å². The highest BCUT2D eigenvalue weighted by Crippen LogP contribution is 2.43. The molecule has 3 aromatic carbocycles. The summed E-state index contributed by atoms with van der Waals surface area (Å²) in [5.41, 5.74) is 3.13. The number of rotatable bonds is 7. The Balaban J connectivity index is 1.63. The molecule has 0 unspecified atom stereocenters. The Morgan fingerprint density at radius 3 is 2.19 bits per heavy atom. The van der Waals surface area contributed by atoms with Crippen LogP contribution in [0.1, 0.15) is 48.7 Å². The van der Waals surface area contributed by atoms with Crippen LogP contribution in [0.5, 0.6) is 5.75 Å². The van der Waals surface area contributed by atoms with Gasteiger partial charge in [-0.25, -0.2) is 0 Å². The number of hydrogen-bond acceptors (Lipinski definition) is 4. The van der Waals surface area contributed by atoms with E-state index in [1.807, 2.05) is 78.2 Å². The van der Waals surface area contributed by atoms with Crippen molar-refractivity contribution < 1.29 is 19.1 Å². The van der Waals surface area contributed by atoms with Gasteiger partial charge in [-0.1, -0.05) is 43.3 Å². The maximum Gasteiger partial charge on any atom is 0.259 e. The third-order valence-corrected chi connectivity index (χ3v) is 6.66. The molecule has 0 aliphatic carbocycles. The second-order valence-electron chi connectivity index (χ2n) is 9.39. The van der Waals surface area contributed by atoms with Crippen molar-refractivity contribution in [2.45, 2.75) is 38.8 Å². The van der Waals surface area contributed by atoms with E-state index in [4.69, 9.17) is 4.74 Å². The van der Waals surface area contributed by atoms with Crippen LogP contribution in [0.2, 0.25) is 0 Å². The number of likely N-dealkylation sites (N-methyl/N-ethyl adjacent to an activating group) is 1. The van der Waals surface area contributed by atoms with Crippen LogP contribution in [0.15, 0.2) is 78.9 Å². The fourth-order valence-electron chi connectivity index (χ4n) is 4.70. The Labute approximate surface area is 218 Å². The average molecular weight is 500 g/mol. The van der Waals surface area contributed by atoms with Gasteiger partial charge in [0.25, 0.3) is 11.8 Å². The molecule has 192 valence electrons. The number of nitrogens with zero attached hydrogens (tertiary/aromatic N) is 3. The maximum absolute atomic E-state index is 13.7. The number of hydrogen-bond donors (Lipinski definition) is 0. The predicted molar refractivity (Wildman–Crippen MR) is 145 cm³/mol. The number of anilines is 2. The van der Waals surface area contributed by atoms with Gasteiger partial charge in [-0.2, -0.15) is 0 Å². The smallest absolute Gasteiger partial charge is 0.259 e. The molecule has 0 saturated heterocycles. The lowest BCUT2D eigenvalue weighted by Gasteiger charge is -2.43. The van der Waals surface area contributed by atoms with Gasteiger partial charge in [-0.05, 0) is 61.4 Å². The quantitative estimate of drug-likeness (QED) is 0.455. The van der Waals surface area contributed by atoms with Crippen molar-refractivity contribution in [2.24, 2.45) is 0 Å². The van der Waals surface area contributed by atoms with Gasteiger partial charge in [0.1, 0.15) is 5.75 Å². The molecule has 3 amide bonds. The van der Waals surface area contributed by atoms with Crippen molar-refractivity contribution in [3.63, 3.8) is 0 Å². The summed E-state index contributed by atoms with van der Waals surface area (Å²) in [6.07, 6.45) is 0.996. The van der Waals surface area contributed by atoms with Crippen LogP contribution in [0, 0.1) is 0 Å². The van der Waals surface area contributed by atoms with E-state index in [1.165, 1.54) is 4.90 Å². The molecule has 1 aliphatic heterocycles. The number of ether oxygens (including phenoxy) is 1. The summed E-state index contributed by atoms with van der Waals surface area (Å²) >= 11 is 0. The average Bonchev–Trinajstić information content (AvgIpc) is 2.92. The third-order valence-electron chi connectivity index (χ3n) is 6.66. The van der Waals surface area contributed by atoms with Crippen molar-refractivity contribution in [1.29, 1.82) is 0 Å². The Kier molecular flexibility index (Phi) is 7.92. The van der Waals surface area contributed by atoms with Gasteiger partial charge in [-0.15, -0.1) is 0 Å². The van der Waals surface area contributed by atoms with E-state index in [0.29, 0.717) is 24.2 Å². The molecule has 0 aromatic heterocycles. The second kappa shape index (κ2) is 11.3. The summed E-state index contributed by atoms with van der Waals surface area (Å²) in [5, 5.41) is 0. The number of carbonyl (C=O) groups is 3. The van der Waals surface area contributed by atoms with Gasteiger partial charge in [0.05, 0.1) is 6.04 Å². The molecule has 0 saturated carbocycles. The van der Waals surface area contributed by atoms with Gasteiger partial charge < -0.3 is 19.4 Å². The van der Waals surface area contributed by atoms with E-state index >= 15 is 0 Å². The van der Waals surface area contributed by atoms with Crippen molar-refractivity contribution in [1.82, 2.24) is 4.90 Å². The van der Waals surface area contributed by atoms with Crippen molar-refractivity contribution in [3.8, 4) is 5.75 Å². The van der Waals surface area contributed by atoms with E-state index in [9.17, 15) is 14.4 Å². The number of para-hydroxylation sites is 2. The molecule has 0 spiro atoms. The molecular formula is C30H33N3O4. The van der Waals surface area contributed by atoms with Crippen LogP contribution >= 0.6 is 0 Å². The van der Waals surface area contributed by atoms with E-state index < -0.39 is 0 Å². The number of benzene rings is 3. The van der Waals surface area contributed by atoms with Crippen molar-refractivity contribution in [3.05, 3.63) is 90.0 Å². The zero-order valence-corrected chi connectivity index (χ0v) is 21.8. The van der Waals surface area contributed by atoms with Crippen LogP contribution in [-0.2, 0) is 9.59 Å². The van der Waals surface area contributed by atoms with Crippen LogP contribution in [0.25, 0.3) is 0 Å². The third kappa shape index (κ3) is 5.50. The number of fused-ring (bicyclic) bond motifs is 1. The minimum Gasteiger partial charge on any atom is -0.484 e. The van der Waals surface area contributed by atoms with E-state index in [1.54, 1.807) is 38.4 Å². The summed E-state index contributed by atoms with van der Waals surface area (Å²) in [6, 6.07) is 24.0. The summed E-state index contributed by atoms with van der Waals surface area (Å²) in [7, 11) is 3.35. The minimum atomic E-state index is -0.185. The normalized spacial score (nSPS) is 16.5. The molecule has 0 N–H and O–H groups in total. The summed E-state index contributed by atoms with van der Waals surface area (Å²) in [4.78, 5) is 43.8. The molecule has 0 radical (unpaired) electrons. The number of amides is 3. The zero-order chi connectivity index (χ0) is 26.5. The van der Waals surface area contributed by atoms with Crippen LogP contribution in [-0.4, -0.2) is 49.4 Å². The first-order chi connectivity index (χ1) is 17.8. The SMILES string of the molecule is CCC(=O)N(c1ccccc1)[C@H]1C[C@@H](C)N(C(=O)c2ccc(OCC(=O)N(C)C)cc2)c2ccccc21. The fraction of sp³-hybridized carbons (Fsp3) is 0.300. The molecular weight excluding hydrogens is 466 g/mol. The monoisotopic (exact) mass is 499 g/mol. The standard InChI is InChI=1S/C30H33N3O4/c1-5-28(34)33(23-11-7-6-8-12-23)27-19-21(2)32(26-14-10-9-13-25(26)27)30(36)22-15-17-24(18-16-22)37-20-29(35)31(3)4/h6-18,21,27H,5,19-20H2,1-4H3/t21-,27+/m1/s1. The summed E-state index contributed by atoms with van der Waals surface area (Å²) in [5.74, 6) is 0.304. The van der Waals surface area contributed by atoms with Gasteiger partial charge in [0.15, 0.2) is 6.61 Å². The summed E-state index contributed by atoms with van der Waals surface area (Å²) in [6.45, 7) is 3.83.